The molecule has 1 aliphatic heterocycles. The first kappa shape index (κ1) is 11.4. The molecule has 1 unspecified atom stereocenters. The number of hydrogen-bond donors (Lipinski definition) is 0. The van der Waals surface area contributed by atoms with E-state index < -0.39 is 0 Å². The van der Waals surface area contributed by atoms with Crippen molar-refractivity contribution in [3.63, 3.8) is 0 Å². The molecule has 1 aromatic heterocycles. The van der Waals surface area contributed by atoms with E-state index in [1.165, 1.54) is 4.90 Å². The van der Waals surface area contributed by atoms with Gasteiger partial charge in [-0.2, -0.15) is 0 Å². The predicted octanol–water partition coefficient (Wildman–Crippen LogP) is 2.26. The maximum Gasteiger partial charge on any atom is 0.258 e. The summed E-state index contributed by atoms with van der Waals surface area (Å²) in [6.07, 6.45) is 3.90. The fourth-order valence-corrected chi connectivity index (χ4v) is 2.31. The lowest BCUT2D eigenvalue weighted by molar-refractivity contribution is -0.119. The zero-order chi connectivity index (χ0) is 12.9. The van der Waals surface area contributed by atoms with Crippen molar-refractivity contribution < 1.29 is 9.32 Å². The predicted molar refractivity (Wildman–Crippen MR) is 67.8 cm³/mol. The summed E-state index contributed by atoms with van der Waals surface area (Å²) < 4.78 is 5.37. The third-order valence-corrected chi connectivity index (χ3v) is 3.58. The van der Waals surface area contributed by atoms with Gasteiger partial charge >= 0.3 is 0 Å². The molecule has 1 atom stereocenters. The van der Waals surface area contributed by atoms with Gasteiger partial charge in [-0.3, -0.25) is 9.79 Å². The second-order valence-electron chi connectivity index (χ2n) is 5.43. The molecule has 2 aliphatic rings. The summed E-state index contributed by atoms with van der Waals surface area (Å²) in [4.78, 5) is 18.0. The van der Waals surface area contributed by atoms with E-state index in [4.69, 9.17) is 4.52 Å². The molecule has 18 heavy (non-hydrogen) atoms. The van der Waals surface area contributed by atoms with Crippen LogP contribution in [0.1, 0.15) is 43.9 Å². The van der Waals surface area contributed by atoms with Crippen molar-refractivity contribution in [3.8, 4) is 0 Å². The Morgan fingerprint density at radius 1 is 1.44 bits per heavy atom. The monoisotopic (exact) mass is 247 g/mol. The van der Waals surface area contributed by atoms with E-state index in [0.717, 1.165) is 24.2 Å². The first-order chi connectivity index (χ1) is 8.59. The molecule has 1 amide bonds. The average molecular weight is 247 g/mol. The second kappa shape index (κ2) is 3.93. The van der Waals surface area contributed by atoms with Crippen LogP contribution in [0.5, 0.6) is 0 Å². The number of rotatable bonds is 3. The van der Waals surface area contributed by atoms with Gasteiger partial charge in [-0.25, -0.2) is 4.90 Å². The highest BCUT2D eigenvalue weighted by Crippen LogP contribution is 2.43. The van der Waals surface area contributed by atoms with Crippen molar-refractivity contribution in [3.05, 3.63) is 11.3 Å². The lowest BCUT2D eigenvalue weighted by Gasteiger charge is -2.14. The number of carbonyl (C=O) groups is 1. The van der Waals surface area contributed by atoms with Crippen molar-refractivity contribution in [2.45, 2.75) is 45.6 Å². The van der Waals surface area contributed by atoms with Gasteiger partial charge < -0.3 is 4.52 Å². The minimum atomic E-state index is -0.287. The molecule has 1 aliphatic carbocycles. The number of anilines is 1. The molecule has 0 radical (unpaired) electrons. The Morgan fingerprint density at radius 2 is 2.17 bits per heavy atom. The van der Waals surface area contributed by atoms with Crippen LogP contribution in [0.4, 0.5) is 5.82 Å². The largest absolute Gasteiger partial charge is 0.359 e. The summed E-state index contributed by atoms with van der Waals surface area (Å²) >= 11 is 0. The van der Waals surface area contributed by atoms with Gasteiger partial charge in [-0.05, 0) is 25.7 Å². The maximum absolute atomic E-state index is 12.2. The lowest BCUT2D eigenvalue weighted by Crippen LogP contribution is -2.33. The van der Waals surface area contributed by atoms with E-state index in [0.29, 0.717) is 11.7 Å². The normalized spacial score (nSPS) is 23.4. The van der Waals surface area contributed by atoms with Crippen molar-refractivity contribution >= 4 is 18.1 Å². The topological polar surface area (TPSA) is 58.7 Å². The van der Waals surface area contributed by atoms with Gasteiger partial charge in [0.15, 0.2) is 5.82 Å². The molecular weight excluding hydrogens is 230 g/mol. The summed E-state index contributed by atoms with van der Waals surface area (Å²) in [7, 11) is 0. The standard InChI is InChI=1S/C13H17N3O2/c1-7(2)10-13(17)16(6-14-10)12-8(3)11(18-15-12)9-4-5-9/h6-7,9-10H,4-5H2,1-3H3. The third kappa shape index (κ3) is 1.65. The molecule has 1 saturated carbocycles. The quantitative estimate of drug-likeness (QED) is 0.823. The molecule has 1 fully saturated rings. The van der Waals surface area contributed by atoms with E-state index in [1.54, 1.807) is 6.34 Å². The SMILES string of the molecule is Cc1c(N2C=NC(C(C)C)C2=O)noc1C1CC1. The van der Waals surface area contributed by atoms with Gasteiger partial charge in [0.2, 0.25) is 0 Å². The molecule has 0 spiro atoms. The van der Waals surface area contributed by atoms with Crippen molar-refractivity contribution in [1.29, 1.82) is 0 Å². The molecule has 1 aromatic rings. The Bertz CT molecular complexity index is 514. The van der Waals surface area contributed by atoms with Crippen LogP contribution in [0.3, 0.4) is 0 Å². The number of nitrogens with zero attached hydrogens (tertiary/aromatic N) is 3. The first-order valence-electron chi connectivity index (χ1n) is 6.42. The maximum atomic E-state index is 12.2. The minimum absolute atomic E-state index is 0.0104. The summed E-state index contributed by atoms with van der Waals surface area (Å²) in [5.41, 5.74) is 0.974. The van der Waals surface area contributed by atoms with Gasteiger partial charge in [-0.15, -0.1) is 0 Å². The van der Waals surface area contributed by atoms with E-state index in [1.807, 2.05) is 20.8 Å². The Hall–Kier alpha value is -1.65. The number of aliphatic imine (C=N–C) groups is 1. The molecule has 3 rings (SSSR count). The van der Waals surface area contributed by atoms with Crippen LogP contribution in [0.2, 0.25) is 0 Å². The highest BCUT2D eigenvalue weighted by atomic mass is 16.5. The van der Waals surface area contributed by atoms with Crippen LogP contribution in [-0.4, -0.2) is 23.4 Å². The summed E-state index contributed by atoms with van der Waals surface area (Å²) in [5.74, 6) is 2.23. The Balaban J connectivity index is 1.88. The summed E-state index contributed by atoms with van der Waals surface area (Å²) in [6.45, 7) is 5.95. The molecule has 2 heterocycles. The summed E-state index contributed by atoms with van der Waals surface area (Å²) in [5, 5.41) is 4.04. The fourth-order valence-electron chi connectivity index (χ4n) is 2.31. The second-order valence-corrected chi connectivity index (χ2v) is 5.43. The van der Waals surface area contributed by atoms with Gasteiger partial charge in [0.1, 0.15) is 11.8 Å². The van der Waals surface area contributed by atoms with E-state index in [9.17, 15) is 4.79 Å². The summed E-state index contributed by atoms with van der Waals surface area (Å²) in [6, 6.07) is -0.287. The smallest absolute Gasteiger partial charge is 0.258 e. The van der Waals surface area contributed by atoms with Crippen LogP contribution in [0.15, 0.2) is 9.52 Å². The number of hydrogen-bond acceptors (Lipinski definition) is 4. The molecule has 96 valence electrons. The van der Waals surface area contributed by atoms with Gasteiger partial charge in [0.05, 0.1) is 6.34 Å². The zero-order valence-electron chi connectivity index (χ0n) is 10.9. The van der Waals surface area contributed by atoms with Crippen LogP contribution >= 0.6 is 0 Å². The lowest BCUT2D eigenvalue weighted by atomic mass is 10.0. The van der Waals surface area contributed by atoms with Crippen molar-refractivity contribution in [2.75, 3.05) is 4.90 Å². The van der Waals surface area contributed by atoms with Crippen LogP contribution in [0, 0.1) is 12.8 Å². The van der Waals surface area contributed by atoms with E-state index >= 15 is 0 Å². The van der Waals surface area contributed by atoms with Gasteiger partial charge in [0, 0.05) is 11.5 Å². The molecule has 5 nitrogen and oxygen atoms in total. The van der Waals surface area contributed by atoms with Crippen LogP contribution in [-0.2, 0) is 4.79 Å². The molecule has 0 bridgehead atoms. The average Bonchev–Trinajstić information content (AvgIpc) is 2.99. The van der Waals surface area contributed by atoms with Crippen LogP contribution in [0.25, 0.3) is 0 Å². The van der Waals surface area contributed by atoms with Crippen molar-refractivity contribution in [2.24, 2.45) is 10.9 Å². The Kier molecular flexibility index (Phi) is 2.50. The van der Waals surface area contributed by atoms with Crippen LogP contribution < -0.4 is 4.90 Å². The number of aromatic nitrogens is 1. The molecule has 5 heteroatoms. The van der Waals surface area contributed by atoms with Crippen molar-refractivity contribution in [1.82, 2.24) is 5.16 Å². The molecular formula is C13H17N3O2. The number of amides is 1. The molecule has 0 N–H and O–H groups in total. The zero-order valence-corrected chi connectivity index (χ0v) is 10.9. The fraction of sp³-hybridized carbons (Fsp3) is 0.615. The molecule has 0 aromatic carbocycles. The molecule has 0 saturated heterocycles. The van der Waals surface area contributed by atoms with Gasteiger partial charge in [0.25, 0.3) is 5.91 Å². The van der Waals surface area contributed by atoms with E-state index in [-0.39, 0.29) is 17.9 Å². The first-order valence-corrected chi connectivity index (χ1v) is 6.42. The highest BCUT2D eigenvalue weighted by Gasteiger charge is 2.37. The van der Waals surface area contributed by atoms with E-state index in [2.05, 4.69) is 10.1 Å². The third-order valence-electron chi connectivity index (χ3n) is 3.58. The number of carbonyl (C=O) groups excluding carboxylic acids is 1. The van der Waals surface area contributed by atoms with Gasteiger partial charge in [-0.1, -0.05) is 19.0 Å². The highest BCUT2D eigenvalue weighted by molar-refractivity contribution is 6.14. The minimum Gasteiger partial charge on any atom is -0.359 e. The Morgan fingerprint density at radius 3 is 2.72 bits per heavy atom. The Labute approximate surface area is 106 Å².